The van der Waals surface area contributed by atoms with E-state index in [0.29, 0.717) is 11.3 Å². The number of benzene rings is 2. The molecule has 45 heavy (non-hydrogen) atoms. The average Bonchev–Trinajstić information content (AvgIpc) is 2.93. The third-order valence-corrected chi connectivity index (χ3v) is 9.61. The molecular formula is C34H49BrN4O5S. The molecule has 2 aromatic rings. The molecule has 0 heterocycles. The molecule has 248 valence electrons. The Hall–Kier alpha value is -3.02. The van der Waals surface area contributed by atoms with Gasteiger partial charge in [-0.15, -0.1) is 0 Å². The van der Waals surface area contributed by atoms with Crippen LogP contribution in [-0.2, 0) is 35.6 Å². The van der Waals surface area contributed by atoms with Crippen molar-refractivity contribution in [2.24, 2.45) is 17.3 Å². The van der Waals surface area contributed by atoms with Crippen molar-refractivity contribution in [2.75, 3.05) is 14.1 Å². The minimum Gasteiger partial charge on any atom is -0.342 e. The highest BCUT2D eigenvalue weighted by Gasteiger charge is 2.41. The number of nitrogens with one attached hydrogen (secondary N) is 3. The molecule has 0 fully saturated rings. The Labute approximate surface area is 277 Å². The molecule has 1 unspecified atom stereocenters. The van der Waals surface area contributed by atoms with Gasteiger partial charge in [0.25, 0.3) is 0 Å². The highest BCUT2D eigenvalue weighted by molar-refractivity contribution is 9.10. The van der Waals surface area contributed by atoms with Gasteiger partial charge >= 0.3 is 0 Å². The maximum Gasteiger partial charge on any atom is 0.249 e. The number of nitrogens with zero attached hydrogens (tertiary/aromatic N) is 1. The summed E-state index contributed by atoms with van der Waals surface area (Å²) in [4.78, 5) is 42.3. The van der Waals surface area contributed by atoms with Crippen molar-refractivity contribution in [2.45, 2.75) is 78.6 Å². The van der Waals surface area contributed by atoms with Crippen LogP contribution in [0.5, 0.6) is 0 Å². The molecule has 2 aromatic carbocycles. The van der Waals surface area contributed by atoms with Gasteiger partial charge < -0.3 is 15.5 Å². The predicted molar refractivity (Wildman–Crippen MR) is 183 cm³/mol. The van der Waals surface area contributed by atoms with Crippen LogP contribution in [0, 0.1) is 17.3 Å². The maximum absolute atomic E-state index is 14.1. The molecule has 11 heteroatoms. The molecule has 0 aromatic heterocycles. The van der Waals surface area contributed by atoms with Crippen LogP contribution in [0.3, 0.4) is 0 Å². The third kappa shape index (κ3) is 10.5. The highest BCUT2D eigenvalue weighted by atomic mass is 79.9. The summed E-state index contributed by atoms with van der Waals surface area (Å²) in [6, 6.07) is 14.8. The predicted octanol–water partition coefficient (Wildman–Crippen LogP) is 5.13. The number of hydrogen-bond acceptors (Lipinski definition) is 6. The van der Waals surface area contributed by atoms with E-state index in [9.17, 15) is 22.8 Å². The zero-order valence-corrected chi connectivity index (χ0v) is 30.5. The van der Waals surface area contributed by atoms with Crippen molar-refractivity contribution in [3.8, 4) is 0 Å². The summed E-state index contributed by atoms with van der Waals surface area (Å²) in [6.07, 6.45) is 1.60. The Bertz CT molecular complexity index is 1470. The van der Waals surface area contributed by atoms with Crippen molar-refractivity contribution in [1.29, 1.82) is 0 Å². The summed E-state index contributed by atoms with van der Waals surface area (Å²) in [6.45, 7) is 14.9. The fourth-order valence-electron chi connectivity index (χ4n) is 5.16. The number of halogens is 1. The van der Waals surface area contributed by atoms with Gasteiger partial charge in [-0.1, -0.05) is 113 Å². The Balaban J connectivity index is 2.30. The number of amides is 3. The van der Waals surface area contributed by atoms with Gasteiger partial charge in [-0.25, -0.2) is 8.42 Å². The molecule has 0 aliphatic carbocycles. The molecular weight excluding hydrogens is 656 g/mol. The van der Waals surface area contributed by atoms with E-state index in [0.717, 1.165) is 10.0 Å². The molecule has 0 saturated heterocycles. The van der Waals surface area contributed by atoms with Gasteiger partial charge in [-0.2, -0.15) is 0 Å². The first-order valence-corrected chi connectivity index (χ1v) is 17.5. The average molecular weight is 706 g/mol. The number of likely N-dealkylation sites (N-methyl/N-ethyl adjacent to an activating group) is 2. The van der Waals surface area contributed by atoms with Crippen LogP contribution in [0.15, 0.2) is 70.8 Å². The van der Waals surface area contributed by atoms with E-state index in [4.69, 9.17) is 0 Å². The molecule has 3 atom stereocenters. The van der Waals surface area contributed by atoms with Crippen LogP contribution < -0.4 is 15.4 Å². The zero-order valence-electron chi connectivity index (χ0n) is 28.1. The molecule has 0 radical (unpaired) electrons. The fraction of sp³-hybridized carbons (Fsp3) is 0.500. The van der Waals surface area contributed by atoms with E-state index in [-0.39, 0.29) is 23.5 Å². The number of hydrogen-bond donors (Lipinski definition) is 3. The van der Waals surface area contributed by atoms with E-state index < -0.39 is 44.8 Å². The zero-order chi connectivity index (χ0) is 34.3. The summed E-state index contributed by atoms with van der Waals surface area (Å²) < 4.78 is 28.4. The number of carbonyl (C=O) groups is 3. The fourth-order valence-corrected chi connectivity index (χ4v) is 6.62. The third-order valence-electron chi connectivity index (χ3n) is 7.86. The van der Waals surface area contributed by atoms with Gasteiger partial charge in [0, 0.05) is 22.6 Å². The van der Waals surface area contributed by atoms with Gasteiger partial charge in [-0.05, 0) is 48.6 Å². The van der Waals surface area contributed by atoms with Crippen molar-refractivity contribution in [1.82, 2.24) is 20.3 Å². The summed E-state index contributed by atoms with van der Waals surface area (Å²) in [5.41, 5.74) is 0.789. The first kappa shape index (κ1) is 38.2. The molecule has 3 N–H and O–H groups in total. The summed E-state index contributed by atoms with van der Waals surface area (Å²) in [5, 5.41) is 6.15. The van der Waals surface area contributed by atoms with Crippen molar-refractivity contribution in [3.63, 3.8) is 0 Å². The monoisotopic (exact) mass is 704 g/mol. The summed E-state index contributed by atoms with van der Waals surface area (Å²) in [7, 11) is -0.601. The Morgan fingerprint density at radius 3 is 1.93 bits per heavy atom. The second-order valence-electron chi connectivity index (χ2n) is 13.4. The molecule has 0 spiro atoms. The van der Waals surface area contributed by atoms with E-state index in [1.807, 2.05) is 72.7 Å². The van der Waals surface area contributed by atoms with Crippen LogP contribution in [0.2, 0.25) is 0 Å². The van der Waals surface area contributed by atoms with Gasteiger partial charge in [0.2, 0.25) is 27.7 Å². The molecule has 0 saturated carbocycles. The van der Waals surface area contributed by atoms with Gasteiger partial charge in [0.05, 0.1) is 17.7 Å². The molecule has 0 bridgehead atoms. The highest BCUT2D eigenvalue weighted by Crippen LogP contribution is 2.30. The van der Waals surface area contributed by atoms with Crippen LogP contribution in [0.1, 0.15) is 66.5 Å². The van der Waals surface area contributed by atoms with Crippen molar-refractivity contribution < 1.29 is 22.8 Å². The van der Waals surface area contributed by atoms with Gasteiger partial charge in [0.1, 0.15) is 6.04 Å². The summed E-state index contributed by atoms with van der Waals surface area (Å²) >= 11 is 3.46. The van der Waals surface area contributed by atoms with Crippen LogP contribution >= 0.6 is 15.9 Å². The summed E-state index contributed by atoms with van der Waals surface area (Å²) in [5.74, 6) is -2.74. The van der Waals surface area contributed by atoms with Crippen LogP contribution in [0.4, 0.5) is 0 Å². The molecule has 0 aliphatic heterocycles. The van der Waals surface area contributed by atoms with Gasteiger partial charge in [-0.3, -0.25) is 19.1 Å². The van der Waals surface area contributed by atoms with Crippen LogP contribution in [-0.4, -0.2) is 57.2 Å². The van der Waals surface area contributed by atoms with E-state index in [2.05, 4.69) is 31.3 Å². The number of carbonyl (C=O) groups excluding carboxylic acids is 3. The number of sulfonamides is 1. The van der Waals surface area contributed by atoms with E-state index in [1.54, 1.807) is 57.4 Å². The van der Waals surface area contributed by atoms with E-state index >= 15 is 0 Å². The molecule has 3 amide bonds. The Kier molecular flexibility index (Phi) is 13.2. The lowest BCUT2D eigenvalue weighted by Crippen LogP contribution is -2.60. The maximum atomic E-state index is 14.1. The molecule has 9 nitrogen and oxygen atoms in total. The van der Waals surface area contributed by atoms with Crippen LogP contribution in [0.25, 0.3) is 0 Å². The first-order chi connectivity index (χ1) is 20.7. The molecule has 0 aliphatic rings. The number of allylic oxidation sites excluding steroid dienone is 1. The minimum atomic E-state index is -3.93. The largest absolute Gasteiger partial charge is 0.342 e. The first-order valence-electron chi connectivity index (χ1n) is 15.0. The second kappa shape index (κ2) is 15.5. The molecule has 2 rings (SSSR count). The second-order valence-corrected chi connectivity index (χ2v) is 16.0. The smallest absolute Gasteiger partial charge is 0.249 e. The standard InChI is InChI=1S/C34H49BrN4O5S/c1-22(2)27(20-23(3)30(40)38-45(43,44)21-24-14-12-11-13-15-24)39(10)32(42)29(33(4,5)6)37-31(41)28(36-9)34(7,8)25-16-18-26(35)19-17-25/h11-20,22-23,28-29,36H,21H2,1-10H3,(H,37,41)(H,38,40)/b27-20+/t23?,28-,29-/m1/s1. The lowest BCUT2D eigenvalue weighted by atomic mass is 9.76. The van der Waals surface area contributed by atoms with Gasteiger partial charge in [0.15, 0.2) is 0 Å². The topological polar surface area (TPSA) is 125 Å². The van der Waals surface area contributed by atoms with Crippen molar-refractivity contribution >= 4 is 43.7 Å². The number of rotatable bonds is 13. The lowest BCUT2D eigenvalue weighted by molar-refractivity contribution is -0.138. The minimum absolute atomic E-state index is 0.187. The Morgan fingerprint density at radius 1 is 0.889 bits per heavy atom. The normalized spacial score (nSPS) is 14.8. The lowest BCUT2D eigenvalue weighted by Gasteiger charge is -2.39. The Morgan fingerprint density at radius 2 is 1.44 bits per heavy atom. The van der Waals surface area contributed by atoms with E-state index in [1.165, 1.54) is 4.90 Å². The quantitative estimate of drug-likeness (QED) is 0.266. The van der Waals surface area contributed by atoms with Crippen molar-refractivity contribution in [3.05, 3.63) is 82.0 Å². The SMILES string of the molecule is CN[C@H](C(=O)N[C@H](C(=O)N(C)/C(=C/C(C)C(=O)NS(=O)(=O)Cc1ccccc1)C(C)C)C(C)(C)C)C(C)(C)c1ccc(Br)cc1.